The van der Waals surface area contributed by atoms with Gasteiger partial charge in [-0.15, -0.1) is 0 Å². The van der Waals surface area contributed by atoms with Crippen LogP contribution in [0.25, 0.3) is 0 Å². The summed E-state index contributed by atoms with van der Waals surface area (Å²) in [6, 6.07) is 7.14. The maximum absolute atomic E-state index is 13.2. The third-order valence-electron chi connectivity index (χ3n) is 5.68. The van der Waals surface area contributed by atoms with E-state index in [0.29, 0.717) is 50.1 Å². The molecule has 0 radical (unpaired) electrons. The van der Waals surface area contributed by atoms with E-state index in [9.17, 15) is 13.2 Å². The van der Waals surface area contributed by atoms with Crippen LogP contribution in [0.1, 0.15) is 37.6 Å². The Bertz CT molecular complexity index is 786. The van der Waals surface area contributed by atoms with E-state index in [1.54, 1.807) is 20.7 Å². The molecule has 0 aromatic heterocycles. The van der Waals surface area contributed by atoms with Crippen LogP contribution in [0.15, 0.2) is 24.3 Å². The first-order valence-corrected chi connectivity index (χ1v) is 11.3. The van der Waals surface area contributed by atoms with Crippen molar-refractivity contribution in [1.82, 2.24) is 8.61 Å². The van der Waals surface area contributed by atoms with Crippen LogP contribution in [0.2, 0.25) is 0 Å². The van der Waals surface area contributed by atoms with E-state index in [1.807, 2.05) is 19.1 Å². The van der Waals surface area contributed by atoms with Crippen LogP contribution in [0.5, 0.6) is 0 Å². The number of anilines is 1. The standard InChI is InChI=1S/C20H31N3O4S/c1-15-11-16(2)13-22(12-15)28(25,26)23-10-9-21(14-17(23)3)19-7-5-18(6-8-19)20(24)27-4/h5-8,15-17H,9-14H2,1-4H3. The average Bonchev–Trinajstić information content (AvgIpc) is 2.66. The molecule has 0 spiro atoms. The van der Waals surface area contributed by atoms with Crippen LogP contribution in [-0.4, -0.2) is 68.9 Å². The van der Waals surface area contributed by atoms with Crippen LogP contribution in [0.3, 0.4) is 0 Å². The predicted octanol–water partition coefficient (Wildman–Crippen LogP) is 2.21. The zero-order valence-electron chi connectivity index (χ0n) is 17.2. The van der Waals surface area contributed by atoms with Gasteiger partial charge >= 0.3 is 5.97 Å². The fourth-order valence-corrected chi connectivity index (χ4v) is 6.40. The van der Waals surface area contributed by atoms with Gasteiger partial charge in [0.1, 0.15) is 0 Å². The Kier molecular flexibility index (Phi) is 6.31. The van der Waals surface area contributed by atoms with E-state index in [4.69, 9.17) is 4.74 Å². The molecule has 2 heterocycles. The summed E-state index contributed by atoms with van der Waals surface area (Å²) in [6.45, 7) is 9.12. The molecule has 7 nitrogen and oxygen atoms in total. The lowest BCUT2D eigenvalue weighted by Gasteiger charge is -2.43. The molecule has 0 amide bonds. The number of methoxy groups -OCH3 is 1. The second-order valence-corrected chi connectivity index (χ2v) is 10.1. The zero-order valence-corrected chi connectivity index (χ0v) is 18.0. The summed E-state index contributed by atoms with van der Waals surface area (Å²) >= 11 is 0. The molecule has 0 N–H and O–H groups in total. The Labute approximate surface area is 168 Å². The van der Waals surface area contributed by atoms with Gasteiger partial charge in [-0.25, -0.2) is 4.79 Å². The zero-order chi connectivity index (χ0) is 20.5. The molecule has 3 unspecified atom stereocenters. The van der Waals surface area contributed by atoms with Gasteiger partial charge < -0.3 is 9.64 Å². The first-order valence-electron chi connectivity index (χ1n) is 9.92. The molecule has 2 saturated heterocycles. The Morgan fingerprint density at radius 1 is 1.00 bits per heavy atom. The molecule has 1 aromatic rings. The van der Waals surface area contributed by atoms with Crippen molar-refractivity contribution in [2.24, 2.45) is 11.8 Å². The first kappa shape index (κ1) is 21.1. The highest BCUT2D eigenvalue weighted by Gasteiger charge is 2.39. The molecule has 0 aliphatic carbocycles. The van der Waals surface area contributed by atoms with Crippen LogP contribution in [-0.2, 0) is 14.9 Å². The third-order valence-corrected chi connectivity index (χ3v) is 7.76. The van der Waals surface area contributed by atoms with Crippen molar-refractivity contribution in [2.45, 2.75) is 33.2 Å². The Hall–Kier alpha value is -1.64. The van der Waals surface area contributed by atoms with Gasteiger partial charge in [0.15, 0.2) is 0 Å². The van der Waals surface area contributed by atoms with Gasteiger partial charge in [0, 0.05) is 44.5 Å². The monoisotopic (exact) mass is 409 g/mol. The number of carbonyl (C=O) groups is 1. The fourth-order valence-electron chi connectivity index (χ4n) is 4.39. The van der Waals surface area contributed by atoms with E-state index in [0.717, 1.165) is 12.1 Å². The first-order chi connectivity index (χ1) is 13.2. The molecule has 2 aliphatic rings. The Morgan fingerprint density at radius 2 is 1.61 bits per heavy atom. The molecule has 2 fully saturated rings. The molecule has 0 saturated carbocycles. The summed E-state index contributed by atoms with van der Waals surface area (Å²) in [4.78, 5) is 13.8. The number of piperidine rings is 1. The minimum Gasteiger partial charge on any atom is -0.465 e. The lowest BCUT2D eigenvalue weighted by molar-refractivity contribution is 0.0600. The molecule has 3 atom stereocenters. The van der Waals surface area contributed by atoms with Gasteiger partial charge in [-0.2, -0.15) is 17.0 Å². The van der Waals surface area contributed by atoms with Crippen molar-refractivity contribution in [3.63, 3.8) is 0 Å². The minimum absolute atomic E-state index is 0.119. The number of hydrogen-bond donors (Lipinski definition) is 0. The number of esters is 1. The highest BCUT2D eigenvalue weighted by molar-refractivity contribution is 7.86. The highest BCUT2D eigenvalue weighted by Crippen LogP contribution is 2.28. The highest BCUT2D eigenvalue weighted by atomic mass is 32.2. The quantitative estimate of drug-likeness (QED) is 0.713. The van der Waals surface area contributed by atoms with E-state index >= 15 is 0 Å². The largest absolute Gasteiger partial charge is 0.465 e. The number of nitrogens with zero attached hydrogens (tertiary/aromatic N) is 3. The molecular weight excluding hydrogens is 378 g/mol. The summed E-state index contributed by atoms with van der Waals surface area (Å²) < 4.78 is 34.5. The average molecular weight is 410 g/mol. The molecular formula is C20H31N3O4S. The summed E-state index contributed by atoms with van der Waals surface area (Å²) in [5.74, 6) is 0.424. The van der Waals surface area contributed by atoms with Crippen molar-refractivity contribution in [3.8, 4) is 0 Å². The lowest BCUT2D eigenvalue weighted by Crippen LogP contribution is -2.59. The topological polar surface area (TPSA) is 70.2 Å². The Balaban J connectivity index is 1.68. The second-order valence-electron chi connectivity index (χ2n) is 8.22. The number of rotatable bonds is 4. The summed E-state index contributed by atoms with van der Waals surface area (Å²) in [6.07, 6.45) is 1.08. The van der Waals surface area contributed by atoms with Gasteiger partial charge in [-0.3, -0.25) is 0 Å². The number of piperazine rings is 1. The smallest absolute Gasteiger partial charge is 0.337 e. The van der Waals surface area contributed by atoms with E-state index in [1.165, 1.54) is 7.11 Å². The van der Waals surface area contributed by atoms with Gasteiger partial charge in [0.25, 0.3) is 10.2 Å². The number of hydrogen-bond acceptors (Lipinski definition) is 5. The van der Waals surface area contributed by atoms with E-state index < -0.39 is 10.2 Å². The van der Waals surface area contributed by atoms with Crippen molar-refractivity contribution in [1.29, 1.82) is 0 Å². The number of carbonyl (C=O) groups excluding carboxylic acids is 1. The van der Waals surface area contributed by atoms with Crippen LogP contribution >= 0.6 is 0 Å². The molecule has 8 heteroatoms. The maximum atomic E-state index is 13.2. The SMILES string of the molecule is COC(=O)c1ccc(N2CCN(S(=O)(=O)N3CC(C)CC(C)C3)C(C)C2)cc1. The van der Waals surface area contributed by atoms with Crippen molar-refractivity contribution in [2.75, 3.05) is 44.7 Å². The van der Waals surface area contributed by atoms with Crippen molar-refractivity contribution < 1.29 is 17.9 Å². The molecule has 3 rings (SSSR count). The van der Waals surface area contributed by atoms with Gasteiger partial charge in [0.05, 0.1) is 12.7 Å². The molecule has 0 bridgehead atoms. The maximum Gasteiger partial charge on any atom is 0.337 e. The molecule has 1 aromatic carbocycles. The Morgan fingerprint density at radius 3 is 2.14 bits per heavy atom. The molecule has 28 heavy (non-hydrogen) atoms. The molecule has 156 valence electrons. The number of benzene rings is 1. The summed E-state index contributed by atoms with van der Waals surface area (Å²) in [7, 11) is -2.09. The van der Waals surface area contributed by atoms with Gasteiger partial charge in [-0.1, -0.05) is 13.8 Å². The van der Waals surface area contributed by atoms with E-state index in [-0.39, 0.29) is 12.0 Å². The fraction of sp³-hybridized carbons (Fsp3) is 0.650. The predicted molar refractivity (Wildman–Crippen MR) is 110 cm³/mol. The number of ether oxygens (including phenoxy) is 1. The van der Waals surface area contributed by atoms with Gasteiger partial charge in [-0.05, 0) is 49.4 Å². The van der Waals surface area contributed by atoms with E-state index in [2.05, 4.69) is 18.7 Å². The van der Waals surface area contributed by atoms with Crippen LogP contribution in [0, 0.1) is 11.8 Å². The van der Waals surface area contributed by atoms with Crippen LogP contribution < -0.4 is 4.90 Å². The summed E-state index contributed by atoms with van der Waals surface area (Å²) in [5.41, 5.74) is 1.49. The molecule has 2 aliphatic heterocycles. The van der Waals surface area contributed by atoms with Crippen molar-refractivity contribution in [3.05, 3.63) is 29.8 Å². The minimum atomic E-state index is -3.45. The normalized spacial score (nSPS) is 27.6. The van der Waals surface area contributed by atoms with Crippen molar-refractivity contribution >= 4 is 21.9 Å². The third kappa shape index (κ3) is 4.34. The second kappa shape index (κ2) is 8.39. The summed E-state index contributed by atoms with van der Waals surface area (Å²) in [5, 5.41) is 0. The van der Waals surface area contributed by atoms with Gasteiger partial charge in [0.2, 0.25) is 0 Å². The van der Waals surface area contributed by atoms with Crippen LogP contribution in [0.4, 0.5) is 5.69 Å². The lowest BCUT2D eigenvalue weighted by atomic mass is 9.94.